The normalized spacial score (nSPS) is 10.6. The number of amides is 1. The van der Waals surface area contributed by atoms with Crippen LogP contribution in [0.5, 0.6) is 23.0 Å². The summed E-state index contributed by atoms with van der Waals surface area (Å²) in [6.07, 6.45) is -0.0977. The van der Waals surface area contributed by atoms with Gasteiger partial charge in [0.05, 0.1) is 21.3 Å². The second-order valence-electron chi connectivity index (χ2n) is 7.36. The molecule has 9 heteroatoms. The van der Waals surface area contributed by atoms with Crippen LogP contribution >= 0.6 is 0 Å². The summed E-state index contributed by atoms with van der Waals surface area (Å²) in [4.78, 5) is 25.0. The van der Waals surface area contributed by atoms with Crippen molar-refractivity contribution in [3.63, 3.8) is 0 Å². The summed E-state index contributed by atoms with van der Waals surface area (Å²) >= 11 is 0. The third kappa shape index (κ3) is 6.69. The van der Waals surface area contributed by atoms with Gasteiger partial charge in [-0.3, -0.25) is 9.59 Å². The average molecular weight is 485 g/mol. The van der Waals surface area contributed by atoms with E-state index in [1.54, 1.807) is 42.5 Å². The van der Waals surface area contributed by atoms with Crippen molar-refractivity contribution < 1.29 is 37.3 Å². The van der Waals surface area contributed by atoms with Gasteiger partial charge in [-0.15, -0.1) is 0 Å². The topological polar surface area (TPSA) is 83.1 Å². The summed E-state index contributed by atoms with van der Waals surface area (Å²) in [6, 6.07) is 15.9. The monoisotopic (exact) mass is 485 g/mol. The van der Waals surface area contributed by atoms with Gasteiger partial charge in [0.15, 0.2) is 17.3 Å². The van der Waals surface area contributed by atoms with Gasteiger partial charge in [-0.1, -0.05) is 12.1 Å². The zero-order valence-electron chi connectivity index (χ0n) is 19.5. The minimum absolute atomic E-state index is 0.0285. The standard InChI is InChI=1S/C26H25F2NO6/c1-32-19-8-4-16(5-9-19)20-15-18(7-12-22(20)35-26(27)28)29-25(31)13-10-21(30)17-6-11-23(33-2)24(14-17)34-3/h4-9,11-12,14-15,26H,10,13H2,1-3H3,(H,29,31). The summed E-state index contributed by atoms with van der Waals surface area (Å²) in [5.41, 5.74) is 1.74. The molecule has 0 bridgehead atoms. The molecule has 0 heterocycles. The summed E-state index contributed by atoms with van der Waals surface area (Å²) in [7, 11) is 4.49. The van der Waals surface area contributed by atoms with Crippen LogP contribution in [0.15, 0.2) is 60.7 Å². The lowest BCUT2D eigenvalue weighted by Gasteiger charge is -2.14. The Balaban J connectivity index is 1.71. The molecule has 3 rings (SSSR count). The zero-order chi connectivity index (χ0) is 25.4. The molecule has 3 aromatic carbocycles. The van der Waals surface area contributed by atoms with Gasteiger partial charge in [0.1, 0.15) is 11.5 Å². The Bertz CT molecular complexity index is 1180. The van der Waals surface area contributed by atoms with E-state index in [0.717, 1.165) is 0 Å². The summed E-state index contributed by atoms with van der Waals surface area (Å²) in [5, 5.41) is 2.70. The van der Waals surface area contributed by atoms with Gasteiger partial charge in [0.2, 0.25) is 5.91 Å². The number of Topliss-reactive ketones (excluding diaryl/α,β-unsaturated/α-hetero) is 1. The second kappa shape index (κ2) is 11.8. The molecule has 7 nitrogen and oxygen atoms in total. The van der Waals surface area contributed by atoms with Crippen LogP contribution in [0.2, 0.25) is 0 Å². The van der Waals surface area contributed by atoms with E-state index in [2.05, 4.69) is 10.1 Å². The van der Waals surface area contributed by atoms with Crippen LogP contribution in [0.4, 0.5) is 14.5 Å². The van der Waals surface area contributed by atoms with Gasteiger partial charge in [0.25, 0.3) is 0 Å². The summed E-state index contributed by atoms with van der Waals surface area (Å²) in [5.74, 6) is 0.844. The Morgan fingerprint density at radius 2 is 1.49 bits per heavy atom. The number of carbonyl (C=O) groups is 2. The molecule has 0 aromatic heterocycles. The number of benzene rings is 3. The molecule has 0 atom stereocenters. The van der Waals surface area contributed by atoms with Crippen LogP contribution in [0, 0.1) is 0 Å². The highest BCUT2D eigenvalue weighted by molar-refractivity contribution is 6.00. The number of carbonyl (C=O) groups excluding carboxylic acids is 2. The number of ether oxygens (including phenoxy) is 4. The van der Waals surface area contributed by atoms with Gasteiger partial charge in [0, 0.05) is 29.7 Å². The molecule has 1 amide bonds. The fourth-order valence-corrected chi connectivity index (χ4v) is 3.41. The molecule has 0 saturated carbocycles. The summed E-state index contributed by atoms with van der Waals surface area (Å²) in [6.45, 7) is -3.00. The highest BCUT2D eigenvalue weighted by Gasteiger charge is 2.15. The lowest BCUT2D eigenvalue weighted by molar-refractivity contribution is -0.116. The first-order valence-electron chi connectivity index (χ1n) is 10.6. The fraction of sp³-hybridized carbons (Fsp3) is 0.231. The fourth-order valence-electron chi connectivity index (χ4n) is 3.41. The van der Waals surface area contributed by atoms with Gasteiger partial charge in [-0.2, -0.15) is 8.78 Å². The number of ketones is 1. The van der Waals surface area contributed by atoms with Crippen LogP contribution in [-0.4, -0.2) is 39.6 Å². The highest BCUT2D eigenvalue weighted by Crippen LogP contribution is 2.35. The molecule has 3 aromatic rings. The lowest BCUT2D eigenvalue weighted by atomic mass is 10.0. The maximum atomic E-state index is 12.9. The maximum Gasteiger partial charge on any atom is 0.387 e. The van der Waals surface area contributed by atoms with Crippen molar-refractivity contribution in [1.29, 1.82) is 0 Å². The molecule has 0 saturated heterocycles. The van der Waals surface area contributed by atoms with E-state index in [1.165, 1.54) is 39.5 Å². The van der Waals surface area contributed by atoms with Crippen molar-refractivity contribution in [2.45, 2.75) is 19.5 Å². The van der Waals surface area contributed by atoms with Crippen molar-refractivity contribution in [2.24, 2.45) is 0 Å². The molecular formula is C26H25F2NO6. The molecule has 1 N–H and O–H groups in total. The Labute approximate surface area is 201 Å². The van der Waals surface area contributed by atoms with E-state index < -0.39 is 12.5 Å². The number of hydrogen-bond acceptors (Lipinski definition) is 6. The molecule has 0 aliphatic carbocycles. The van der Waals surface area contributed by atoms with Crippen molar-refractivity contribution >= 4 is 17.4 Å². The van der Waals surface area contributed by atoms with E-state index in [0.29, 0.717) is 39.6 Å². The predicted octanol–water partition coefficient (Wildman–Crippen LogP) is 5.58. The Kier molecular flexibility index (Phi) is 8.61. The number of nitrogens with one attached hydrogen (secondary N) is 1. The van der Waals surface area contributed by atoms with Gasteiger partial charge >= 0.3 is 6.61 Å². The van der Waals surface area contributed by atoms with Crippen LogP contribution in [-0.2, 0) is 4.79 Å². The average Bonchev–Trinajstić information content (AvgIpc) is 2.87. The van der Waals surface area contributed by atoms with Crippen LogP contribution in [0.1, 0.15) is 23.2 Å². The molecule has 0 unspecified atom stereocenters. The second-order valence-corrected chi connectivity index (χ2v) is 7.36. The van der Waals surface area contributed by atoms with Crippen LogP contribution < -0.4 is 24.3 Å². The van der Waals surface area contributed by atoms with E-state index in [4.69, 9.17) is 14.2 Å². The van der Waals surface area contributed by atoms with Gasteiger partial charge in [-0.05, 0) is 54.1 Å². The van der Waals surface area contributed by atoms with E-state index in [1.807, 2.05) is 0 Å². The largest absolute Gasteiger partial charge is 0.497 e. The molecule has 0 spiro atoms. The molecule has 0 radical (unpaired) electrons. The van der Waals surface area contributed by atoms with Crippen LogP contribution in [0.3, 0.4) is 0 Å². The Hall–Kier alpha value is -4.14. The number of hydrogen-bond donors (Lipinski definition) is 1. The Morgan fingerprint density at radius 1 is 0.800 bits per heavy atom. The number of anilines is 1. The SMILES string of the molecule is COc1ccc(-c2cc(NC(=O)CCC(=O)c3ccc(OC)c(OC)c3)ccc2OC(F)F)cc1. The van der Waals surface area contributed by atoms with Crippen molar-refractivity contribution in [1.82, 2.24) is 0 Å². The first-order valence-corrected chi connectivity index (χ1v) is 10.6. The minimum atomic E-state index is -3.00. The predicted molar refractivity (Wildman–Crippen MR) is 127 cm³/mol. The van der Waals surface area contributed by atoms with Crippen LogP contribution in [0.25, 0.3) is 11.1 Å². The highest BCUT2D eigenvalue weighted by atomic mass is 19.3. The molecule has 0 fully saturated rings. The number of methoxy groups -OCH3 is 3. The van der Waals surface area contributed by atoms with Crippen molar-refractivity contribution in [3.8, 4) is 34.1 Å². The van der Waals surface area contributed by atoms with E-state index in [9.17, 15) is 18.4 Å². The third-order valence-electron chi connectivity index (χ3n) is 5.17. The number of halogens is 2. The molecule has 184 valence electrons. The molecule has 0 aliphatic rings. The van der Waals surface area contributed by atoms with E-state index in [-0.39, 0.29) is 24.4 Å². The lowest BCUT2D eigenvalue weighted by Crippen LogP contribution is -2.14. The number of rotatable bonds is 11. The summed E-state index contributed by atoms with van der Waals surface area (Å²) < 4.78 is 45.9. The maximum absolute atomic E-state index is 12.9. The van der Waals surface area contributed by atoms with Crippen molar-refractivity contribution in [3.05, 3.63) is 66.2 Å². The minimum Gasteiger partial charge on any atom is -0.497 e. The first-order chi connectivity index (χ1) is 16.8. The number of alkyl halides is 2. The zero-order valence-corrected chi connectivity index (χ0v) is 19.5. The van der Waals surface area contributed by atoms with Gasteiger partial charge < -0.3 is 24.3 Å². The third-order valence-corrected chi connectivity index (χ3v) is 5.17. The van der Waals surface area contributed by atoms with Gasteiger partial charge in [-0.25, -0.2) is 0 Å². The molecule has 35 heavy (non-hydrogen) atoms. The first kappa shape index (κ1) is 25.5. The van der Waals surface area contributed by atoms with E-state index >= 15 is 0 Å². The Morgan fingerprint density at radius 3 is 2.11 bits per heavy atom. The smallest absolute Gasteiger partial charge is 0.387 e. The molecule has 0 aliphatic heterocycles. The molecular weight excluding hydrogens is 460 g/mol. The van der Waals surface area contributed by atoms with Crippen molar-refractivity contribution in [2.75, 3.05) is 26.6 Å². The quantitative estimate of drug-likeness (QED) is 0.357.